The number of hydrogen-bond donors (Lipinski definition) is 0. The molecule has 1 heteroatoms. The molecule has 0 bridgehead atoms. The third-order valence-corrected chi connectivity index (χ3v) is 4.14. The van der Waals surface area contributed by atoms with E-state index in [1.54, 1.807) is 0 Å². The molecule has 0 amide bonds. The molecule has 1 aromatic rings. The van der Waals surface area contributed by atoms with Crippen molar-refractivity contribution >= 4 is 6.08 Å². The molecule has 0 radical (unpaired) electrons. The van der Waals surface area contributed by atoms with Gasteiger partial charge in [-0.15, -0.1) is 0 Å². The predicted octanol–water partition coefficient (Wildman–Crippen LogP) is 6.80. The van der Waals surface area contributed by atoms with Gasteiger partial charge in [-0.1, -0.05) is 102 Å². The Kier molecular flexibility index (Phi) is 16.5. The molecule has 0 aromatic heterocycles. The molecule has 0 N–H and O–H groups in total. The molecule has 0 unspecified atom stereocenters. The first-order chi connectivity index (χ1) is 11.3. The van der Waals surface area contributed by atoms with Crippen molar-refractivity contribution in [1.29, 1.82) is 0 Å². The molecule has 1 rings (SSSR count). The van der Waals surface area contributed by atoms with Crippen molar-refractivity contribution in [3.63, 3.8) is 0 Å². The maximum atomic E-state index is 3.63. The summed E-state index contributed by atoms with van der Waals surface area (Å²) in [5.41, 5.74) is 1.17. The molecule has 0 saturated carbocycles. The van der Waals surface area contributed by atoms with E-state index in [1.165, 1.54) is 76.6 Å². The number of rotatable bonds is 12. The number of nitrogens with zero attached hydrogens (tertiary/aromatic N) is 1. The lowest BCUT2D eigenvalue weighted by Gasteiger charge is -2.20. The Morgan fingerprint density at radius 2 is 1.30 bits per heavy atom. The van der Waals surface area contributed by atoms with Gasteiger partial charge in [-0.25, -0.2) is 0 Å². The molecular formula is C22H39N. The van der Waals surface area contributed by atoms with Crippen LogP contribution in [0.5, 0.6) is 0 Å². The van der Waals surface area contributed by atoms with E-state index in [2.05, 4.69) is 32.3 Å². The molecular weight excluding hydrogens is 278 g/mol. The summed E-state index contributed by atoms with van der Waals surface area (Å²) in [6, 6.07) is 10.0. The fourth-order valence-electron chi connectivity index (χ4n) is 2.54. The van der Waals surface area contributed by atoms with Crippen LogP contribution in [0.15, 0.2) is 36.9 Å². The third-order valence-electron chi connectivity index (χ3n) is 4.14. The van der Waals surface area contributed by atoms with E-state index in [-0.39, 0.29) is 0 Å². The molecule has 0 heterocycles. The average Bonchev–Trinajstić information content (AvgIpc) is 2.61. The lowest BCUT2D eigenvalue weighted by atomic mass is 10.1. The van der Waals surface area contributed by atoms with Gasteiger partial charge in [0.15, 0.2) is 0 Å². The second-order valence-electron chi connectivity index (χ2n) is 6.17. The minimum absolute atomic E-state index is 1.17. The van der Waals surface area contributed by atoms with Crippen molar-refractivity contribution in [1.82, 2.24) is 4.90 Å². The Bertz CT molecular complexity index is 332. The van der Waals surface area contributed by atoms with Gasteiger partial charge in [-0.2, -0.15) is 0 Å². The second-order valence-corrected chi connectivity index (χ2v) is 6.17. The van der Waals surface area contributed by atoms with Crippen LogP contribution >= 0.6 is 0 Å². The molecule has 23 heavy (non-hydrogen) atoms. The zero-order chi connectivity index (χ0) is 17.2. The largest absolute Gasteiger partial charge is 0.304 e. The van der Waals surface area contributed by atoms with Crippen LogP contribution in [0.2, 0.25) is 0 Å². The quantitative estimate of drug-likeness (QED) is 0.383. The highest BCUT2D eigenvalue weighted by atomic mass is 15.1. The Morgan fingerprint density at radius 3 is 1.65 bits per heavy atom. The standard InChI is InChI=1S/C14H31N.C8H8/c1-4-7-9-11-13-15(6-3)14-12-10-8-5-2;1-2-8-6-4-3-5-7-8/h4-14H2,1-3H3;2-7H,1H2. The molecule has 0 spiro atoms. The van der Waals surface area contributed by atoms with E-state index in [0.29, 0.717) is 0 Å². The normalized spacial score (nSPS) is 10.3. The maximum absolute atomic E-state index is 3.63. The van der Waals surface area contributed by atoms with E-state index in [1.807, 2.05) is 36.4 Å². The van der Waals surface area contributed by atoms with Crippen LogP contribution in [0.3, 0.4) is 0 Å². The van der Waals surface area contributed by atoms with Crippen LogP contribution in [0.25, 0.3) is 6.08 Å². The van der Waals surface area contributed by atoms with Crippen LogP contribution < -0.4 is 0 Å². The number of benzene rings is 1. The lowest BCUT2D eigenvalue weighted by molar-refractivity contribution is 0.274. The second kappa shape index (κ2) is 17.3. The maximum Gasteiger partial charge on any atom is -0.00189 e. The lowest BCUT2D eigenvalue weighted by Crippen LogP contribution is -2.25. The first-order valence-electron chi connectivity index (χ1n) is 9.68. The van der Waals surface area contributed by atoms with Gasteiger partial charge in [0, 0.05) is 0 Å². The van der Waals surface area contributed by atoms with E-state index >= 15 is 0 Å². The SMILES string of the molecule is C=Cc1ccccc1.CCCCCCN(CC)CCCCCC. The molecule has 0 aliphatic heterocycles. The van der Waals surface area contributed by atoms with Crippen molar-refractivity contribution in [3.8, 4) is 0 Å². The summed E-state index contributed by atoms with van der Waals surface area (Å²) in [6.07, 6.45) is 13.0. The molecule has 0 aliphatic rings. The molecule has 0 saturated heterocycles. The summed E-state index contributed by atoms with van der Waals surface area (Å²) in [4.78, 5) is 2.62. The fourth-order valence-corrected chi connectivity index (χ4v) is 2.54. The molecule has 1 nitrogen and oxygen atoms in total. The number of unbranched alkanes of at least 4 members (excludes halogenated alkanes) is 6. The van der Waals surface area contributed by atoms with Gasteiger partial charge >= 0.3 is 0 Å². The van der Waals surface area contributed by atoms with Crippen molar-refractivity contribution in [3.05, 3.63) is 42.5 Å². The van der Waals surface area contributed by atoms with E-state index in [9.17, 15) is 0 Å². The van der Waals surface area contributed by atoms with Crippen LogP contribution in [-0.4, -0.2) is 24.5 Å². The van der Waals surface area contributed by atoms with Crippen molar-refractivity contribution < 1.29 is 0 Å². The molecule has 0 aliphatic carbocycles. The highest BCUT2D eigenvalue weighted by Crippen LogP contribution is 2.04. The van der Waals surface area contributed by atoms with Gasteiger partial charge in [0.25, 0.3) is 0 Å². The molecule has 0 fully saturated rings. The topological polar surface area (TPSA) is 3.24 Å². The van der Waals surface area contributed by atoms with Crippen molar-refractivity contribution in [2.24, 2.45) is 0 Å². The molecule has 1 aromatic carbocycles. The van der Waals surface area contributed by atoms with E-state index in [4.69, 9.17) is 0 Å². The summed E-state index contributed by atoms with van der Waals surface area (Å²) in [5.74, 6) is 0. The molecule has 132 valence electrons. The van der Waals surface area contributed by atoms with Gasteiger partial charge in [-0.05, 0) is 38.0 Å². The summed E-state index contributed by atoms with van der Waals surface area (Å²) in [5, 5.41) is 0. The van der Waals surface area contributed by atoms with Gasteiger partial charge in [0.2, 0.25) is 0 Å². The minimum atomic E-state index is 1.17. The zero-order valence-electron chi connectivity index (χ0n) is 15.9. The first kappa shape index (κ1) is 21.9. The summed E-state index contributed by atoms with van der Waals surface area (Å²) < 4.78 is 0. The highest BCUT2D eigenvalue weighted by Gasteiger charge is 2.00. The first-order valence-corrected chi connectivity index (χ1v) is 9.68. The Hall–Kier alpha value is -1.08. The smallest absolute Gasteiger partial charge is 0.00189 e. The zero-order valence-corrected chi connectivity index (χ0v) is 15.9. The third kappa shape index (κ3) is 14.3. The van der Waals surface area contributed by atoms with Crippen LogP contribution in [0, 0.1) is 0 Å². The van der Waals surface area contributed by atoms with Crippen LogP contribution in [0.1, 0.15) is 77.7 Å². The summed E-state index contributed by atoms with van der Waals surface area (Å²) in [6.45, 7) is 14.4. The van der Waals surface area contributed by atoms with Gasteiger partial charge in [0.1, 0.15) is 0 Å². The number of hydrogen-bond acceptors (Lipinski definition) is 1. The van der Waals surface area contributed by atoms with E-state index < -0.39 is 0 Å². The summed E-state index contributed by atoms with van der Waals surface area (Å²) >= 11 is 0. The Morgan fingerprint density at radius 1 is 0.783 bits per heavy atom. The minimum Gasteiger partial charge on any atom is -0.304 e. The van der Waals surface area contributed by atoms with Crippen molar-refractivity contribution in [2.45, 2.75) is 72.1 Å². The highest BCUT2D eigenvalue weighted by molar-refractivity contribution is 5.45. The van der Waals surface area contributed by atoms with Crippen LogP contribution in [0.4, 0.5) is 0 Å². The Labute approximate surface area is 145 Å². The van der Waals surface area contributed by atoms with Gasteiger partial charge in [-0.3, -0.25) is 0 Å². The van der Waals surface area contributed by atoms with Gasteiger partial charge < -0.3 is 4.90 Å². The monoisotopic (exact) mass is 317 g/mol. The average molecular weight is 318 g/mol. The molecule has 0 atom stereocenters. The predicted molar refractivity (Wildman–Crippen MR) is 107 cm³/mol. The fraction of sp³-hybridized carbons (Fsp3) is 0.636. The van der Waals surface area contributed by atoms with Gasteiger partial charge in [0.05, 0.1) is 0 Å². The Balaban J connectivity index is 0.000000502. The van der Waals surface area contributed by atoms with E-state index in [0.717, 1.165) is 0 Å². The van der Waals surface area contributed by atoms with Crippen LogP contribution in [-0.2, 0) is 0 Å². The van der Waals surface area contributed by atoms with Crippen molar-refractivity contribution in [2.75, 3.05) is 19.6 Å². The summed E-state index contributed by atoms with van der Waals surface area (Å²) in [7, 11) is 0.